The van der Waals surface area contributed by atoms with E-state index in [1.54, 1.807) is 0 Å². The van der Waals surface area contributed by atoms with Crippen LogP contribution in [0.5, 0.6) is 0 Å². The van der Waals surface area contributed by atoms with Crippen LogP contribution in [0.25, 0.3) is 0 Å². The lowest BCUT2D eigenvalue weighted by atomic mass is 9.76. The molecule has 1 aliphatic rings. The van der Waals surface area contributed by atoms with Crippen LogP contribution in [0.4, 0.5) is 0 Å². The van der Waals surface area contributed by atoms with Gasteiger partial charge in [-0.15, -0.1) is 0 Å². The Bertz CT molecular complexity index is 324. The molecule has 1 fully saturated rings. The Balaban J connectivity index is 2.02. The van der Waals surface area contributed by atoms with Crippen molar-refractivity contribution in [2.24, 2.45) is 11.7 Å². The highest BCUT2D eigenvalue weighted by Gasteiger charge is 2.25. The highest BCUT2D eigenvalue weighted by Crippen LogP contribution is 2.30. The van der Waals surface area contributed by atoms with Crippen LogP contribution < -0.4 is 5.73 Å². The molecule has 1 saturated carbocycles. The summed E-state index contributed by atoms with van der Waals surface area (Å²) in [6.45, 7) is 4.36. The largest absolute Gasteiger partial charge is 0.328 e. The third-order valence-electron chi connectivity index (χ3n) is 3.28. The van der Waals surface area contributed by atoms with E-state index in [9.17, 15) is 0 Å². The fraction of sp³-hybridized carbons (Fsp3) is 0.538. The fourth-order valence-corrected chi connectivity index (χ4v) is 2.34. The quantitative estimate of drug-likeness (QED) is 0.760. The molecule has 2 N–H and O–H groups in total. The molecule has 0 atom stereocenters. The van der Waals surface area contributed by atoms with E-state index in [4.69, 9.17) is 5.73 Å². The second-order valence-corrected chi connectivity index (χ2v) is 4.73. The smallest absolute Gasteiger partial charge is 0.00443 e. The zero-order valence-electron chi connectivity index (χ0n) is 9.09. The highest BCUT2D eigenvalue weighted by molar-refractivity contribution is 5.30. The van der Waals surface area contributed by atoms with Crippen molar-refractivity contribution in [2.45, 2.75) is 39.2 Å². The molecule has 2 rings (SSSR count). The van der Waals surface area contributed by atoms with Crippen LogP contribution in [-0.4, -0.2) is 6.04 Å². The lowest BCUT2D eigenvalue weighted by Gasteiger charge is -2.32. The first-order valence-electron chi connectivity index (χ1n) is 5.47. The van der Waals surface area contributed by atoms with E-state index >= 15 is 0 Å². The Labute approximate surface area is 86.3 Å². The minimum absolute atomic E-state index is 0.478. The van der Waals surface area contributed by atoms with Crippen molar-refractivity contribution >= 4 is 0 Å². The summed E-state index contributed by atoms with van der Waals surface area (Å²) < 4.78 is 0. The van der Waals surface area contributed by atoms with Gasteiger partial charge in [0.05, 0.1) is 0 Å². The SMILES string of the molecule is Cc1ccc(CC2CC(N)C2)c(C)c1. The molecule has 0 radical (unpaired) electrons. The molecule has 0 unspecified atom stereocenters. The van der Waals surface area contributed by atoms with Crippen LogP contribution in [-0.2, 0) is 6.42 Å². The van der Waals surface area contributed by atoms with E-state index in [2.05, 4.69) is 32.0 Å². The maximum absolute atomic E-state index is 5.78. The molecule has 0 amide bonds. The standard InChI is InChI=1S/C13H19N/c1-9-3-4-12(10(2)5-9)6-11-7-13(14)8-11/h3-5,11,13H,6-8,14H2,1-2H3. The lowest BCUT2D eigenvalue weighted by molar-refractivity contribution is 0.264. The van der Waals surface area contributed by atoms with Gasteiger partial charge in [-0.2, -0.15) is 0 Å². The van der Waals surface area contributed by atoms with Crippen LogP contribution in [0.2, 0.25) is 0 Å². The molecule has 0 aromatic heterocycles. The normalized spacial score (nSPS) is 25.9. The maximum atomic E-state index is 5.78. The van der Waals surface area contributed by atoms with Crippen molar-refractivity contribution in [2.75, 3.05) is 0 Å². The summed E-state index contributed by atoms with van der Waals surface area (Å²) in [5.74, 6) is 0.839. The minimum atomic E-state index is 0.478. The maximum Gasteiger partial charge on any atom is 0.00443 e. The predicted octanol–water partition coefficient (Wildman–Crippen LogP) is 2.58. The zero-order valence-corrected chi connectivity index (χ0v) is 9.09. The van der Waals surface area contributed by atoms with Gasteiger partial charge in [-0.1, -0.05) is 23.8 Å². The van der Waals surface area contributed by atoms with Crippen LogP contribution in [0.1, 0.15) is 29.5 Å². The van der Waals surface area contributed by atoms with Crippen molar-refractivity contribution in [1.29, 1.82) is 0 Å². The van der Waals surface area contributed by atoms with Gasteiger partial charge in [-0.05, 0) is 50.2 Å². The Kier molecular flexibility index (Phi) is 2.60. The summed E-state index contributed by atoms with van der Waals surface area (Å²) >= 11 is 0. The summed E-state index contributed by atoms with van der Waals surface area (Å²) in [5.41, 5.74) is 10.1. The van der Waals surface area contributed by atoms with Crippen molar-refractivity contribution in [1.82, 2.24) is 0 Å². The average molecular weight is 189 g/mol. The van der Waals surface area contributed by atoms with E-state index in [-0.39, 0.29) is 0 Å². The Morgan fingerprint density at radius 1 is 1.29 bits per heavy atom. The van der Waals surface area contributed by atoms with Gasteiger partial charge in [0.2, 0.25) is 0 Å². The van der Waals surface area contributed by atoms with Crippen LogP contribution >= 0.6 is 0 Å². The number of hydrogen-bond acceptors (Lipinski definition) is 1. The van der Waals surface area contributed by atoms with E-state index < -0.39 is 0 Å². The van der Waals surface area contributed by atoms with E-state index in [1.165, 1.54) is 36.0 Å². The molecule has 1 heteroatoms. The number of rotatable bonds is 2. The van der Waals surface area contributed by atoms with Crippen LogP contribution in [0.15, 0.2) is 18.2 Å². The van der Waals surface area contributed by atoms with Crippen LogP contribution in [0, 0.1) is 19.8 Å². The van der Waals surface area contributed by atoms with Gasteiger partial charge in [0.15, 0.2) is 0 Å². The molecule has 1 aromatic carbocycles. The first-order chi connectivity index (χ1) is 6.65. The summed E-state index contributed by atoms with van der Waals surface area (Å²) in [5, 5.41) is 0. The monoisotopic (exact) mass is 189 g/mol. The van der Waals surface area contributed by atoms with Crippen molar-refractivity contribution in [3.05, 3.63) is 34.9 Å². The summed E-state index contributed by atoms with van der Waals surface area (Å²) in [6.07, 6.45) is 3.65. The molecular weight excluding hydrogens is 170 g/mol. The molecule has 1 aromatic rings. The van der Waals surface area contributed by atoms with Gasteiger partial charge in [-0.3, -0.25) is 0 Å². The molecule has 1 nitrogen and oxygen atoms in total. The van der Waals surface area contributed by atoms with Crippen molar-refractivity contribution in [3.8, 4) is 0 Å². The molecule has 0 spiro atoms. The molecule has 0 saturated heterocycles. The third-order valence-corrected chi connectivity index (χ3v) is 3.28. The summed E-state index contributed by atoms with van der Waals surface area (Å²) in [6, 6.07) is 7.23. The molecule has 0 bridgehead atoms. The second-order valence-electron chi connectivity index (χ2n) is 4.73. The number of benzene rings is 1. The van der Waals surface area contributed by atoms with Crippen LogP contribution in [0.3, 0.4) is 0 Å². The van der Waals surface area contributed by atoms with Gasteiger partial charge in [-0.25, -0.2) is 0 Å². The predicted molar refractivity (Wildman–Crippen MR) is 60.3 cm³/mol. The average Bonchev–Trinajstić information content (AvgIpc) is 2.06. The number of hydrogen-bond donors (Lipinski definition) is 1. The first kappa shape index (κ1) is 9.72. The topological polar surface area (TPSA) is 26.0 Å². The zero-order chi connectivity index (χ0) is 10.1. The lowest BCUT2D eigenvalue weighted by Crippen LogP contribution is -2.37. The fourth-order valence-electron chi connectivity index (χ4n) is 2.34. The van der Waals surface area contributed by atoms with Crippen molar-refractivity contribution < 1.29 is 0 Å². The first-order valence-corrected chi connectivity index (χ1v) is 5.47. The third kappa shape index (κ3) is 1.98. The minimum Gasteiger partial charge on any atom is -0.328 e. The molecule has 0 heterocycles. The van der Waals surface area contributed by atoms with E-state index in [1.807, 2.05) is 0 Å². The molecule has 0 aliphatic heterocycles. The van der Waals surface area contributed by atoms with E-state index in [0.29, 0.717) is 6.04 Å². The Morgan fingerprint density at radius 2 is 2.00 bits per heavy atom. The second kappa shape index (κ2) is 3.74. The van der Waals surface area contributed by atoms with E-state index in [0.717, 1.165) is 5.92 Å². The molecule has 1 aliphatic carbocycles. The van der Waals surface area contributed by atoms with Gasteiger partial charge in [0, 0.05) is 6.04 Å². The Morgan fingerprint density at radius 3 is 2.57 bits per heavy atom. The van der Waals surface area contributed by atoms with Gasteiger partial charge in [0.25, 0.3) is 0 Å². The molecular formula is C13H19N. The molecule has 76 valence electrons. The van der Waals surface area contributed by atoms with Gasteiger partial charge < -0.3 is 5.73 Å². The number of aryl methyl sites for hydroxylation is 2. The van der Waals surface area contributed by atoms with Gasteiger partial charge in [0.1, 0.15) is 0 Å². The summed E-state index contributed by atoms with van der Waals surface area (Å²) in [4.78, 5) is 0. The number of nitrogens with two attached hydrogens (primary N) is 1. The van der Waals surface area contributed by atoms with Gasteiger partial charge >= 0.3 is 0 Å². The van der Waals surface area contributed by atoms with Crippen molar-refractivity contribution in [3.63, 3.8) is 0 Å². The highest BCUT2D eigenvalue weighted by atomic mass is 14.7. The Hall–Kier alpha value is -0.820. The summed E-state index contributed by atoms with van der Waals surface area (Å²) in [7, 11) is 0. The molecule has 14 heavy (non-hydrogen) atoms.